The van der Waals surface area contributed by atoms with Crippen LogP contribution in [0.15, 0.2) is 55.2 Å². The second-order valence-electron chi connectivity index (χ2n) is 8.71. The van der Waals surface area contributed by atoms with Gasteiger partial charge in [-0.25, -0.2) is 15.0 Å². The summed E-state index contributed by atoms with van der Waals surface area (Å²) in [5.41, 5.74) is 4.08. The molecule has 4 heterocycles. The van der Waals surface area contributed by atoms with Crippen LogP contribution in [0.2, 0.25) is 5.02 Å². The van der Waals surface area contributed by atoms with Crippen LogP contribution in [0.3, 0.4) is 0 Å². The molecule has 6 rings (SSSR count). The highest BCUT2D eigenvalue weighted by atomic mass is 35.5. The molecule has 9 heteroatoms. The molecule has 4 aromatic rings. The average molecular weight is 460 g/mol. The van der Waals surface area contributed by atoms with Crippen LogP contribution in [0, 0.1) is 5.92 Å². The minimum absolute atomic E-state index is 0.0711. The molecule has 0 radical (unpaired) electrons. The van der Waals surface area contributed by atoms with Gasteiger partial charge in [0.05, 0.1) is 12.2 Å². The second-order valence-corrected chi connectivity index (χ2v) is 9.15. The lowest BCUT2D eigenvalue weighted by Gasteiger charge is -2.07. The van der Waals surface area contributed by atoms with Gasteiger partial charge in [0.15, 0.2) is 0 Å². The van der Waals surface area contributed by atoms with Crippen LogP contribution in [-0.2, 0) is 11.3 Å². The Balaban J connectivity index is 1.08. The standard InChI is InChI=1S/C24H22ClN7O/c25-16-5-6-26-20(7-16)18-8-19(18)24(33)31-22-9-21(28-13-29-22)27-10-17-12-32-11-15(14-1-2-14)3-4-23(32)30-17/h3-7,9,11-14,18-19H,1-2,8,10H2,(H2,27,28,29,31,33)/t18?,19-/m0/s1. The first-order valence-electron chi connectivity index (χ1n) is 11.1. The molecule has 0 bridgehead atoms. The quantitative estimate of drug-likeness (QED) is 0.425. The number of carbonyl (C=O) groups excluding carboxylic acids is 1. The maximum Gasteiger partial charge on any atom is 0.229 e. The van der Waals surface area contributed by atoms with Crippen molar-refractivity contribution in [2.75, 3.05) is 10.6 Å². The van der Waals surface area contributed by atoms with Crippen molar-refractivity contribution >= 4 is 34.8 Å². The zero-order chi connectivity index (χ0) is 22.4. The monoisotopic (exact) mass is 459 g/mol. The highest BCUT2D eigenvalue weighted by molar-refractivity contribution is 6.30. The normalized spacial score (nSPS) is 19.4. The number of nitrogens with zero attached hydrogens (tertiary/aromatic N) is 5. The minimum Gasteiger partial charge on any atom is -0.364 e. The summed E-state index contributed by atoms with van der Waals surface area (Å²) in [5, 5.41) is 6.79. The lowest BCUT2D eigenvalue weighted by atomic mass is 10.2. The Morgan fingerprint density at radius 2 is 1.97 bits per heavy atom. The third-order valence-electron chi connectivity index (χ3n) is 6.19. The van der Waals surface area contributed by atoms with Crippen molar-refractivity contribution in [2.24, 2.45) is 5.92 Å². The first-order chi connectivity index (χ1) is 16.1. The van der Waals surface area contributed by atoms with Crippen LogP contribution in [0.4, 0.5) is 11.6 Å². The van der Waals surface area contributed by atoms with Crippen molar-refractivity contribution in [3.8, 4) is 0 Å². The lowest BCUT2D eigenvalue weighted by molar-refractivity contribution is -0.117. The maximum atomic E-state index is 12.6. The Morgan fingerprint density at radius 3 is 2.82 bits per heavy atom. The fraction of sp³-hybridized carbons (Fsp3) is 0.292. The number of carbonyl (C=O) groups is 1. The summed E-state index contributed by atoms with van der Waals surface area (Å²) >= 11 is 6.04. The Bertz CT molecular complexity index is 1350. The topological polar surface area (TPSA) is 97.1 Å². The van der Waals surface area contributed by atoms with Crippen LogP contribution in [0.5, 0.6) is 0 Å². The molecule has 166 valence electrons. The van der Waals surface area contributed by atoms with E-state index in [9.17, 15) is 4.79 Å². The van der Waals surface area contributed by atoms with Gasteiger partial charge in [0.2, 0.25) is 5.91 Å². The van der Waals surface area contributed by atoms with E-state index in [-0.39, 0.29) is 17.7 Å². The average Bonchev–Trinajstić information content (AvgIpc) is 3.74. The molecule has 2 fully saturated rings. The molecule has 2 saturated carbocycles. The molecular formula is C24H22ClN7O. The Hall–Kier alpha value is -3.52. The number of hydrogen-bond donors (Lipinski definition) is 2. The molecule has 0 aromatic carbocycles. The van der Waals surface area contributed by atoms with Crippen molar-refractivity contribution in [1.29, 1.82) is 0 Å². The van der Waals surface area contributed by atoms with Crippen LogP contribution >= 0.6 is 11.6 Å². The van der Waals surface area contributed by atoms with Crippen molar-refractivity contribution in [1.82, 2.24) is 24.3 Å². The van der Waals surface area contributed by atoms with Gasteiger partial charge in [0.1, 0.15) is 23.6 Å². The molecule has 33 heavy (non-hydrogen) atoms. The van der Waals surface area contributed by atoms with E-state index in [1.165, 1.54) is 24.7 Å². The number of anilines is 2. The van der Waals surface area contributed by atoms with E-state index in [0.717, 1.165) is 23.5 Å². The van der Waals surface area contributed by atoms with E-state index in [1.54, 1.807) is 18.3 Å². The highest BCUT2D eigenvalue weighted by Crippen LogP contribution is 2.47. The predicted molar refractivity (Wildman–Crippen MR) is 125 cm³/mol. The number of nitrogens with one attached hydrogen (secondary N) is 2. The van der Waals surface area contributed by atoms with Gasteiger partial charge < -0.3 is 15.0 Å². The molecule has 0 spiro atoms. The van der Waals surface area contributed by atoms with Gasteiger partial charge in [-0.05, 0) is 48.9 Å². The van der Waals surface area contributed by atoms with E-state index in [0.29, 0.717) is 29.1 Å². The number of amides is 1. The molecular weight excluding hydrogens is 438 g/mol. The zero-order valence-corrected chi connectivity index (χ0v) is 18.5. The summed E-state index contributed by atoms with van der Waals surface area (Å²) in [4.78, 5) is 30.1. The summed E-state index contributed by atoms with van der Waals surface area (Å²) in [5.74, 6) is 1.70. The molecule has 2 aliphatic rings. The first-order valence-corrected chi connectivity index (χ1v) is 11.5. The summed E-state index contributed by atoms with van der Waals surface area (Å²) < 4.78 is 2.08. The van der Waals surface area contributed by atoms with Crippen molar-refractivity contribution in [3.05, 3.63) is 77.2 Å². The van der Waals surface area contributed by atoms with Crippen molar-refractivity contribution in [2.45, 2.75) is 37.6 Å². The summed E-state index contributed by atoms with van der Waals surface area (Å²) in [6.45, 7) is 0.524. The molecule has 4 aromatic heterocycles. The van der Waals surface area contributed by atoms with E-state index in [1.807, 2.05) is 12.3 Å². The Labute approximate surface area is 195 Å². The molecule has 0 saturated heterocycles. The van der Waals surface area contributed by atoms with Gasteiger partial charge in [-0.3, -0.25) is 9.78 Å². The van der Waals surface area contributed by atoms with Crippen molar-refractivity contribution < 1.29 is 4.79 Å². The molecule has 2 aliphatic carbocycles. The van der Waals surface area contributed by atoms with Gasteiger partial charge in [-0.1, -0.05) is 17.7 Å². The number of rotatable bonds is 7. The number of aromatic nitrogens is 5. The fourth-order valence-electron chi connectivity index (χ4n) is 4.16. The maximum absolute atomic E-state index is 12.6. The summed E-state index contributed by atoms with van der Waals surface area (Å²) in [7, 11) is 0. The van der Waals surface area contributed by atoms with E-state index in [2.05, 4.69) is 53.3 Å². The first kappa shape index (κ1) is 20.1. The Morgan fingerprint density at radius 1 is 1.09 bits per heavy atom. The van der Waals surface area contributed by atoms with Gasteiger partial charge in [0.25, 0.3) is 0 Å². The van der Waals surface area contributed by atoms with E-state index < -0.39 is 0 Å². The zero-order valence-electron chi connectivity index (χ0n) is 17.8. The summed E-state index contributed by atoms with van der Waals surface area (Å²) in [6.07, 6.45) is 10.6. The molecule has 8 nitrogen and oxygen atoms in total. The largest absolute Gasteiger partial charge is 0.364 e. The SMILES string of the molecule is O=C(Nc1cc(NCc2cn3cc(C4CC4)ccc3n2)ncn1)[C@H]1CC1c1cc(Cl)ccn1. The van der Waals surface area contributed by atoms with E-state index in [4.69, 9.17) is 11.6 Å². The Kier molecular flexibility index (Phi) is 4.95. The summed E-state index contributed by atoms with van der Waals surface area (Å²) in [6, 6.07) is 9.52. The number of fused-ring (bicyclic) bond motifs is 1. The van der Waals surface area contributed by atoms with Crippen LogP contribution in [-0.4, -0.2) is 30.2 Å². The number of imidazole rings is 1. The van der Waals surface area contributed by atoms with Crippen molar-refractivity contribution in [3.63, 3.8) is 0 Å². The number of pyridine rings is 2. The van der Waals surface area contributed by atoms with Crippen LogP contribution in [0.1, 0.15) is 48.0 Å². The van der Waals surface area contributed by atoms with E-state index >= 15 is 0 Å². The number of hydrogen-bond acceptors (Lipinski definition) is 6. The number of halogens is 1. The van der Waals surface area contributed by atoms with Gasteiger partial charge in [0, 0.05) is 47.2 Å². The molecule has 1 unspecified atom stereocenters. The minimum atomic E-state index is -0.124. The smallest absolute Gasteiger partial charge is 0.229 e. The molecule has 0 aliphatic heterocycles. The lowest BCUT2D eigenvalue weighted by Crippen LogP contribution is -2.16. The van der Waals surface area contributed by atoms with Gasteiger partial charge in [-0.15, -0.1) is 0 Å². The van der Waals surface area contributed by atoms with Crippen LogP contribution in [0.25, 0.3) is 5.65 Å². The molecule has 1 amide bonds. The molecule has 2 N–H and O–H groups in total. The van der Waals surface area contributed by atoms with Crippen LogP contribution < -0.4 is 10.6 Å². The highest BCUT2D eigenvalue weighted by Gasteiger charge is 2.45. The third kappa shape index (κ3) is 4.39. The fourth-order valence-corrected chi connectivity index (χ4v) is 4.33. The third-order valence-corrected chi connectivity index (χ3v) is 6.43. The molecule has 2 atom stereocenters. The van der Waals surface area contributed by atoms with Gasteiger partial charge in [-0.2, -0.15) is 0 Å². The predicted octanol–water partition coefficient (Wildman–Crippen LogP) is 4.40. The van der Waals surface area contributed by atoms with Gasteiger partial charge >= 0.3 is 0 Å². The second kappa shape index (κ2) is 8.12.